The van der Waals surface area contributed by atoms with E-state index in [9.17, 15) is 0 Å². The van der Waals surface area contributed by atoms with Crippen molar-refractivity contribution in [1.82, 2.24) is 9.97 Å². The van der Waals surface area contributed by atoms with Crippen molar-refractivity contribution < 1.29 is 0 Å². The van der Waals surface area contributed by atoms with E-state index in [2.05, 4.69) is 22.5 Å². The first-order valence-corrected chi connectivity index (χ1v) is 9.11. The Hall–Kier alpha value is -1.63. The maximum atomic E-state index is 5.70. The lowest BCUT2D eigenvalue weighted by Crippen LogP contribution is -2.11. The van der Waals surface area contributed by atoms with Crippen LogP contribution in [0.15, 0.2) is 35.2 Å². The molecule has 0 radical (unpaired) electrons. The van der Waals surface area contributed by atoms with E-state index in [0.29, 0.717) is 0 Å². The van der Waals surface area contributed by atoms with E-state index < -0.39 is 0 Å². The highest BCUT2D eigenvalue weighted by Crippen LogP contribution is 2.39. The summed E-state index contributed by atoms with van der Waals surface area (Å²) in [6, 6.07) is 10.3. The number of nitrogens with two attached hydrogens (primary N) is 1. The zero-order chi connectivity index (χ0) is 14.9. The third kappa shape index (κ3) is 2.47. The van der Waals surface area contributed by atoms with Crippen LogP contribution in [-0.4, -0.2) is 9.97 Å². The summed E-state index contributed by atoms with van der Waals surface area (Å²) in [7, 11) is 0. The molecule has 0 spiro atoms. The number of nitrogens with one attached hydrogen (secondary N) is 1. The van der Waals surface area contributed by atoms with E-state index >= 15 is 0 Å². The van der Waals surface area contributed by atoms with E-state index in [-0.39, 0.29) is 0 Å². The van der Waals surface area contributed by atoms with Gasteiger partial charge >= 0.3 is 0 Å². The van der Waals surface area contributed by atoms with Gasteiger partial charge in [0.2, 0.25) is 0 Å². The van der Waals surface area contributed by atoms with Gasteiger partial charge in [-0.1, -0.05) is 18.2 Å². The number of hydrogen-bond acceptors (Lipinski definition) is 6. The fourth-order valence-corrected chi connectivity index (χ4v) is 4.93. The van der Waals surface area contributed by atoms with Crippen LogP contribution in [0, 0.1) is 0 Å². The van der Waals surface area contributed by atoms with Crippen LogP contribution in [0.1, 0.15) is 22.7 Å². The van der Waals surface area contributed by atoms with Gasteiger partial charge in [-0.05, 0) is 37.0 Å². The highest BCUT2D eigenvalue weighted by atomic mass is 32.2. The maximum absolute atomic E-state index is 5.70. The van der Waals surface area contributed by atoms with Crippen LogP contribution in [-0.2, 0) is 18.6 Å². The second-order valence-electron chi connectivity index (χ2n) is 5.27. The standard InChI is InChI=1S/C16H16N4S2/c17-20-15-14-11-7-4-8-12(11)22-16(14)19-13(18-15)9-21-10-5-2-1-3-6-10/h1-3,5-6H,4,7-9,17H2,(H,18,19,20). The molecule has 3 N–H and O–H groups in total. The molecule has 4 nitrogen and oxygen atoms in total. The molecule has 0 fully saturated rings. The van der Waals surface area contributed by atoms with Gasteiger partial charge in [0.05, 0.1) is 11.1 Å². The molecule has 0 aliphatic heterocycles. The summed E-state index contributed by atoms with van der Waals surface area (Å²) in [4.78, 5) is 13.1. The number of thioether (sulfide) groups is 1. The van der Waals surface area contributed by atoms with Crippen molar-refractivity contribution in [2.45, 2.75) is 29.9 Å². The number of aryl methyl sites for hydroxylation is 2. The van der Waals surface area contributed by atoms with Crippen LogP contribution >= 0.6 is 23.1 Å². The van der Waals surface area contributed by atoms with Crippen molar-refractivity contribution in [2.24, 2.45) is 5.84 Å². The molecule has 2 heterocycles. The molecular weight excluding hydrogens is 312 g/mol. The number of rotatable bonds is 4. The number of fused-ring (bicyclic) bond motifs is 3. The van der Waals surface area contributed by atoms with Gasteiger partial charge in [0, 0.05) is 9.77 Å². The summed E-state index contributed by atoms with van der Waals surface area (Å²) in [5.41, 5.74) is 4.17. The lowest BCUT2D eigenvalue weighted by Gasteiger charge is -2.06. The number of nitrogen functional groups attached to an aromatic ring is 1. The molecule has 0 bridgehead atoms. The molecule has 22 heavy (non-hydrogen) atoms. The van der Waals surface area contributed by atoms with Gasteiger partial charge in [0.25, 0.3) is 0 Å². The van der Waals surface area contributed by atoms with Crippen molar-refractivity contribution in [3.63, 3.8) is 0 Å². The maximum Gasteiger partial charge on any atom is 0.152 e. The van der Waals surface area contributed by atoms with Crippen LogP contribution in [0.25, 0.3) is 10.2 Å². The lowest BCUT2D eigenvalue weighted by molar-refractivity contribution is 0.916. The van der Waals surface area contributed by atoms with E-state index in [4.69, 9.17) is 10.8 Å². The first-order valence-electron chi connectivity index (χ1n) is 7.31. The number of thiophene rings is 1. The number of hydrogen-bond donors (Lipinski definition) is 2. The molecule has 4 rings (SSSR count). The Bertz CT molecular complexity index is 814. The first kappa shape index (κ1) is 14.0. The molecule has 0 amide bonds. The van der Waals surface area contributed by atoms with E-state index in [1.165, 1.54) is 21.8 Å². The van der Waals surface area contributed by atoms with Crippen LogP contribution in [0.5, 0.6) is 0 Å². The highest BCUT2D eigenvalue weighted by molar-refractivity contribution is 7.98. The number of hydrazine groups is 1. The van der Waals surface area contributed by atoms with E-state index in [0.717, 1.165) is 40.5 Å². The average molecular weight is 328 g/mol. The van der Waals surface area contributed by atoms with Gasteiger partial charge in [-0.2, -0.15) is 0 Å². The monoisotopic (exact) mass is 328 g/mol. The van der Waals surface area contributed by atoms with Gasteiger partial charge in [-0.3, -0.25) is 0 Å². The van der Waals surface area contributed by atoms with Gasteiger partial charge in [0.1, 0.15) is 10.7 Å². The fourth-order valence-electron chi connectivity index (χ4n) is 2.87. The van der Waals surface area contributed by atoms with Crippen LogP contribution < -0.4 is 11.3 Å². The molecule has 3 aromatic rings. The lowest BCUT2D eigenvalue weighted by atomic mass is 10.2. The largest absolute Gasteiger partial charge is 0.308 e. The second kappa shape index (κ2) is 5.87. The third-order valence-corrected chi connectivity index (χ3v) is 6.05. The SMILES string of the molecule is NNc1nc(CSc2ccccc2)nc2sc3c(c12)CCC3. The quantitative estimate of drug-likeness (QED) is 0.434. The molecule has 112 valence electrons. The molecular formula is C16H16N4S2. The molecule has 0 unspecified atom stereocenters. The summed E-state index contributed by atoms with van der Waals surface area (Å²) in [5.74, 6) is 8.05. The van der Waals surface area contributed by atoms with Crippen LogP contribution in [0.2, 0.25) is 0 Å². The van der Waals surface area contributed by atoms with Crippen molar-refractivity contribution in [3.8, 4) is 0 Å². The third-order valence-electron chi connectivity index (χ3n) is 3.86. The molecule has 1 aliphatic rings. The predicted octanol–water partition coefficient (Wildman–Crippen LogP) is 3.76. The topological polar surface area (TPSA) is 63.8 Å². The minimum absolute atomic E-state index is 0.747. The van der Waals surface area contributed by atoms with Gasteiger partial charge < -0.3 is 5.43 Å². The van der Waals surface area contributed by atoms with Crippen molar-refractivity contribution in [1.29, 1.82) is 0 Å². The molecule has 6 heteroatoms. The number of anilines is 1. The molecule has 0 saturated carbocycles. The number of nitrogens with zero attached hydrogens (tertiary/aromatic N) is 2. The predicted molar refractivity (Wildman–Crippen MR) is 93.3 cm³/mol. The van der Waals surface area contributed by atoms with Crippen molar-refractivity contribution in [3.05, 3.63) is 46.6 Å². The summed E-state index contributed by atoms with van der Waals surface area (Å²) in [6.45, 7) is 0. The second-order valence-corrected chi connectivity index (χ2v) is 7.40. The summed E-state index contributed by atoms with van der Waals surface area (Å²) in [6.07, 6.45) is 3.51. The Labute approximate surface area is 137 Å². The van der Waals surface area contributed by atoms with Gasteiger partial charge in [0.15, 0.2) is 5.82 Å². The smallest absolute Gasteiger partial charge is 0.152 e. The molecule has 0 atom stereocenters. The Balaban J connectivity index is 1.67. The number of aromatic nitrogens is 2. The minimum atomic E-state index is 0.747. The minimum Gasteiger partial charge on any atom is -0.308 e. The average Bonchev–Trinajstić information content (AvgIpc) is 3.13. The molecule has 0 saturated heterocycles. The zero-order valence-electron chi connectivity index (χ0n) is 12.0. The summed E-state index contributed by atoms with van der Waals surface area (Å²) < 4.78 is 0. The van der Waals surface area contributed by atoms with Crippen molar-refractivity contribution >= 4 is 39.1 Å². The first-order chi connectivity index (χ1) is 10.8. The molecule has 1 aromatic carbocycles. The summed E-state index contributed by atoms with van der Waals surface area (Å²) in [5, 5.41) is 1.13. The normalized spacial score (nSPS) is 13.5. The Morgan fingerprint density at radius 2 is 2.05 bits per heavy atom. The van der Waals surface area contributed by atoms with Gasteiger partial charge in [-0.15, -0.1) is 23.1 Å². The van der Waals surface area contributed by atoms with Gasteiger partial charge in [-0.25, -0.2) is 15.8 Å². The molecule has 1 aliphatic carbocycles. The van der Waals surface area contributed by atoms with Crippen LogP contribution in [0.4, 0.5) is 5.82 Å². The molecule has 2 aromatic heterocycles. The van der Waals surface area contributed by atoms with E-state index in [1.807, 2.05) is 18.2 Å². The Morgan fingerprint density at radius 3 is 2.86 bits per heavy atom. The highest BCUT2D eigenvalue weighted by Gasteiger charge is 2.22. The van der Waals surface area contributed by atoms with Crippen LogP contribution in [0.3, 0.4) is 0 Å². The summed E-state index contributed by atoms with van der Waals surface area (Å²) >= 11 is 3.54. The van der Waals surface area contributed by atoms with E-state index in [1.54, 1.807) is 23.1 Å². The van der Waals surface area contributed by atoms with Crippen molar-refractivity contribution in [2.75, 3.05) is 5.43 Å². The Kier molecular flexibility index (Phi) is 3.73. The number of benzene rings is 1. The fraction of sp³-hybridized carbons (Fsp3) is 0.250. The Morgan fingerprint density at radius 1 is 1.18 bits per heavy atom. The zero-order valence-corrected chi connectivity index (χ0v) is 13.6.